The number of nitro benzene ring substituents is 1. The van der Waals surface area contributed by atoms with Gasteiger partial charge in [-0.15, -0.1) is 0 Å². The van der Waals surface area contributed by atoms with Gasteiger partial charge in [-0.3, -0.25) is 10.1 Å². The summed E-state index contributed by atoms with van der Waals surface area (Å²) in [5, 5.41) is 11.7. The third-order valence-electron chi connectivity index (χ3n) is 2.28. The molecule has 0 saturated carbocycles. The normalized spacial score (nSPS) is 10.2. The Labute approximate surface area is 118 Å². The van der Waals surface area contributed by atoms with Crippen molar-refractivity contribution in [1.29, 1.82) is 0 Å². The van der Waals surface area contributed by atoms with Crippen LogP contribution in [-0.4, -0.2) is 4.92 Å². The molecule has 0 radical (unpaired) electrons. The molecule has 0 unspecified atom stereocenters. The van der Waals surface area contributed by atoms with E-state index in [9.17, 15) is 10.1 Å². The van der Waals surface area contributed by atoms with Crippen molar-refractivity contribution in [3.63, 3.8) is 0 Å². The van der Waals surface area contributed by atoms with E-state index in [4.69, 9.17) is 33.7 Å². The molecule has 7 heteroatoms. The first-order valence-electron chi connectivity index (χ1n) is 5.14. The maximum atomic E-state index is 11.0. The molecule has 2 aromatic rings. The van der Waals surface area contributed by atoms with Crippen molar-refractivity contribution in [2.75, 3.05) is 5.73 Å². The molecule has 0 amide bonds. The zero-order valence-corrected chi connectivity index (χ0v) is 11.0. The molecular formula is C12H8Cl2N2O3. The predicted octanol–water partition coefficient (Wildman–Crippen LogP) is 4.28. The average molecular weight is 299 g/mol. The number of nitrogen functional groups attached to an aromatic ring is 1. The van der Waals surface area contributed by atoms with Crippen molar-refractivity contribution in [1.82, 2.24) is 0 Å². The highest BCUT2D eigenvalue weighted by Gasteiger charge is 2.19. The van der Waals surface area contributed by atoms with E-state index in [0.29, 0.717) is 15.8 Å². The van der Waals surface area contributed by atoms with Gasteiger partial charge in [-0.2, -0.15) is 0 Å². The van der Waals surface area contributed by atoms with Crippen LogP contribution < -0.4 is 10.5 Å². The lowest BCUT2D eigenvalue weighted by Crippen LogP contribution is -1.98. The molecule has 2 rings (SSSR count). The van der Waals surface area contributed by atoms with Gasteiger partial charge in [0.1, 0.15) is 11.4 Å². The van der Waals surface area contributed by atoms with Crippen LogP contribution in [0.15, 0.2) is 36.4 Å². The van der Waals surface area contributed by atoms with E-state index in [1.165, 1.54) is 30.3 Å². The van der Waals surface area contributed by atoms with Crippen molar-refractivity contribution in [2.24, 2.45) is 0 Å². The van der Waals surface area contributed by atoms with Gasteiger partial charge >= 0.3 is 5.69 Å². The molecule has 19 heavy (non-hydrogen) atoms. The summed E-state index contributed by atoms with van der Waals surface area (Å²) in [7, 11) is 0. The summed E-state index contributed by atoms with van der Waals surface area (Å²) in [6, 6.07) is 8.97. The molecule has 5 nitrogen and oxygen atoms in total. The van der Waals surface area contributed by atoms with Crippen LogP contribution in [0, 0.1) is 10.1 Å². The Morgan fingerprint density at radius 2 is 1.79 bits per heavy atom. The summed E-state index contributed by atoms with van der Waals surface area (Å²) in [6.45, 7) is 0. The maximum Gasteiger partial charge on any atom is 0.334 e. The Morgan fingerprint density at radius 3 is 2.37 bits per heavy atom. The highest BCUT2D eigenvalue weighted by atomic mass is 35.5. The molecule has 0 saturated heterocycles. The summed E-state index contributed by atoms with van der Waals surface area (Å²) in [4.78, 5) is 10.4. The lowest BCUT2D eigenvalue weighted by atomic mass is 10.2. The predicted molar refractivity (Wildman–Crippen MR) is 74.0 cm³/mol. The fraction of sp³-hybridized carbons (Fsp3) is 0. The Morgan fingerprint density at radius 1 is 1.16 bits per heavy atom. The van der Waals surface area contributed by atoms with Gasteiger partial charge in [-0.1, -0.05) is 29.3 Å². The van der Waals surface area contributed by atoms with Gasteiger partial charge in [0, 0.05) is 10.0 Å². The number of benzene rings is 2. The van der Waals surface area contributed by atoms with Crippen LogP contribution in [0.2, 0.25) is 10.0 Å². The van der Waals surface area contributed by atoms with Gasteiger partial charge in [-0.25, -0.2) is 0 Å². The van der Waals surface area contributed by atoms with Gasteiger partial charge < -0.3 is 10.5 Å². The number of nitrogens with two attached hydrogens (primary N) is 1. The Bertz CT molecular complexity index is 627. The van der Waals surface area contributed by atoms with Gasteiger partial charge in [0.2, 0.25) is 5.75 Å². The van der Waals surface area contributed by atoms with Gasteiger partial charge in [0.15, 0.2) is 0 Å². The first-order valence-corrected chi connectivity index (χ1v) is 5.90. The average Bonchev–Trinajstić information content (AvgIpc) is 2.26. The SMILES string of the molecule is Nc1cccc(Oc2cc(Cl)cc(Cl)c2)c1[N+](=O)[O-]. The molecule has 0 aliphatic carbocycles. The Balaban J connectivity index is 2.43. The highest BCUT2D eigenvalue weighted by molar-refractivity contribution is 6.34. The van der Waals surface area contributed by atoms with Crippen LogP contribution in [0.1, 0.15) is 0 Å². The fourth-order valence-electron chi connectivity index (χ4n) is 1.53. The number of hydrogen-bond donors (Lipinski definition) is 1. The number of halogens is 2. The van der Waals surface area contributed by atoms with Crippen LogP contribution >= 0.6 is 23.2 Å². The van der Waals surface area contributed by atoms with Gasteiger partial charge in [0.05, 0.1) is 4.92 Å². The maximum absolute atomic E-state index is 11.0. The Hall–Kier alpha value is -1.98. The summed E-state index contributed by atoms with van der Waals surface area (Å²) in [5.41, 5.74) is 5.29. The minimum absolute atomic E-state index is 0.0237. The number of hydrogen-bond acceptors (Lipinski definition) is 4. The molecule has 2 aromatic carbocycles. The van der Waals surface area contributed by atoms with E-state index in [1.54, 1.807) is 6.07 Å². The monoisotopic (exact) mass is 298 g/mol. The van der Waals surface area contributed by atoms with E-state index in [-0.39, 0.29) is 17.1 Å². The summed E-state index contributed by atoms with van der Waals surface area (Å²) < 4.78 is 5.42. The number of anilines is 1. The minimum Gasteiger partial charge on any atom is -0.450 e. The van der Waals surface area contributed by atoms with Crippen molar-refractivity contribution in [2.45, 2.75) is 0 Å². The highest BCUT2D eigenvalue weighted by Crippen LogP contribution is 2.37. The lowest BCUT2D eigenvalue weighted by Gasteiger charge is -2.08. The van der Waals surface area contributed by atoms with Crippen molar-refractivity contribution >= 4 is 34.6 Å². The standard InChI is InChI=1S/C12H8Cl2N2O3/c13-7-4-8(14)6-9(5-7)19-11-3-1-2-10(15)12(11)16(17)18/h1-6H,15H2. The first-order chi connectivity index (χ1) is 8.97. The van der Waals surface area contributed by atoms with E-state index in [1.807, 2.05) is 0 Å². The van der Waals surface area contributed by atoms with E-state index in [2.05, 4.69) is 0 Å². The second-order valence-electron chi connectivity index (χ2n) is 3.66. The molecular weight excluding hydrogens is 291 g/mol. The lowest BCUT2D eigenvalue weighted by molar-refractivity contribution is -0.384. The molecule has 0 bridgehead atoms. The van der Waals surface area contributed by atoms with Crippen molar-refractivity contribution in [3.05, 3.63) is 56.6 Å². The Kier molecular flexibility index (Phi) is 3.78. The van der Waals surface area contributed by atoms with E-state index in [0.717, 1.165) is 0 Å². The number of para-hydroxylation sites is 1. The van der Waals surface area contributed by atoms with Crippen LogP contribution in [-0.2, 0) is 0 Å². The van der Waals surface area contributed by atoms with Gasteiger partial charge in [0.25, 0.3) is 0 Å². The third-order valence-corrected chi connectivity index (χ3v) is 2.71. The molecule has 0 spiro atoms. The topological polar surface area (TPSA) is 78.4 Å². The first kappa shape index (κ1) is 13.5. The second kappa shape index (κ2) is 5.34. The van der Waals surface area contributed by atoms with Crippen LogP contribution in [0.4, 0.5) is 11.4 Å². The van der Waals surface area contributed by atoms with E-state index < -0.39 is 4.92 Å². The molecule has 0 aliphatic heterocycles. The summed E-state index contributed by atoms with van der Waals surface area (Å²) in [6.07, 6.45) is 0. The second-order valence-corrected chi connectivity index (χ2v) is 4.53. The molecule has 0 atom stereocenters. The van der Waals surface area contributed by atoms with Crippen LogP contribution in [0.3, 0.4) is 0 Å². The molecule has 0 heterocycles. The third kappa shape index (κ3) is 3.07. The van der Waals surface area contributed by atoms with Crippen LogP contribution in [0.5, 0.6) is 11.5 Å². The fourth-order valence-corrected chi connectivity index (χ4v) is 2.04. The molecule has 0 aromatic heterocycles. The number of nitro groups is 1. The number of ether oxygens (including phenoxy) is 1. The van der Waals surface area contributed by atoms with Crippen molar-refractivity contribution in [3.8, 4) is 11.5 Å². The molecule has 0 fully saturated rings. The number of nitrogens with zero attached hydrogens (tertiary/aromatic N) is 1. The number of rotatable bonds is 3. The molecule has 0 aliphatic rings. The smallest absolute Gasteiger partial charge is 0.334 e. The van der Waals surface area contributed by atoms with E-state index >= 15 is 0 Å². The zero-order chi connectivity index (χ0) is 14.0. The summed E-state index contributed by atoms with van der Waals surface area (Å²) in [5.74, 6) is 0.328. The van der Waals surface area contributed by atoms with Crippen LogP contribution in [0.25, 0.3) is 0 Å². The quantitative estimate of drug-likeness (QED) is 0.521. The zero-order valence-electron chi connectivity index (χ0n) is 9.47. The molecule has 98 valence electrons. The largest absolute Gasteiger partial charge is 0.450 e. The van der Waals surface area contributed by atoms with Crippen molar-refractivity contribution < 1.29 is 9.66 Å². The molecule has 2 N–H and O–H groups in total. The minimum atomic E-state index is -0.600. The summed E-state index contributed by atoms with van der Waals surface area (Å²) >= 11 is 11.7. The van der Waals surface area contributed by atoms with Gasteiger partial charge in [-0.05, 0) is 30.3 Å².